The van der Waals surface area contributed by atoms with Gasteiger partial charge in [-0.1, -0.05) is 6.92 Å². The van der Waals surface area contributed by atoms with Crippen LogP contribution in [0, 0.1) is 11.7 Å². The van der Waals surface area contributed by atoms with E-state index < -0.39 is 0 Å². The lowest BCUT2D eigenvalue weighted by atomic mass is 10.0. The van der Waals surface area contributed by atoms with E-state index in [-0.39, 0.29) is 17.6 Å². The minimum Gasteiger partial charge on any atom is -0.492 e. The summed E-state index contributed by atoms with van der Waals surface area (Å²) in [7, 11) is 1.76. The first-order chi connectivity index (χ1) is 9.54. The van der Waals surface area contributed by atoms with E-state index in [0.29, 0.717) is 25.4 Å². The van der Waals surface area contributed by atoms with Crippen molar-refractivity contribution in [2.24, 2.45) is 11.7 Å². The number of amides is 1. The smallest absolute Gasteiger partial charge is 0.225 e. The minimum absolute atomic E-state index is 0.0191. The van der Waals surface area contributed by atoms with E-state index >= 15 is 0 Å². The number of benzene rings is 1. The Morgan fingerprint density at radius 2 is 2.05 bits per heavy atom. The van der Waals surface area contributed by atoms with Gasteiger partial charge in [-0.3, -0.25) is 4.79 Å². The van der Waals surface area contributed by atoms with Gasteiger partial charge in [0.15, 0.2) is 0 Å². The summed E-state index contributed by atoms with van der Waals surface area (Å²) in [5, 5.41) is 0. The zero-order chi connectivity index (χ0) is 15.0. The van der Waals surface area contributed by atoms with E-state index in [2.05, 4.69) is 0 Å². The molecule has 0 radical (unpaired) electrons. The molecule has 2 N–H and O–H groups in total. The number of nitrogens with two attached hydrogens (primary N) is 1. The van der Waals surface area contributed by atoms with Gasteiger partial charge < -0.3 is 15.4 Å². The maximum atomic E-state index is 12.7. The van der Waals surface area contributed by atoms with Crippen molar-refractivity contribution in [2.75, 3.05) is 26.7 Å². The summed E-state index contributed by atoms with van der Waals surface area (Å²) >= 11 is 0. The third-order valence-electron chi connectivity index (χ3n) is 3.15. The summed E-state index contributed by atoms with van der Waals surface area (Å²) in [4.78, 5) is 13.7. The molecule has 20 heavy (non-hydrogen) atoms. The molecule has 0 aromatic heterocycles. The van der Waals surface area contributed by atoms with Crippen LogP contribution in [-0.2, 0) is 4.79 Å². The Bertz CT molecular complexity index is 409. The first-order valence-electron chi connectivity index (χ1n) is 6.88. The number of hydrogen-bond acceptors (Lipinski definition) is 3. The number of ether oxygens (including phenoxy) is 1. The molecule has 1 aromatic carbocycles. The summed E-state index contributed by atoms with van der Waals surface area (Å²) in [5.41, 5.74) is 5.44. The quantitative estimate of drug-likeness (QED) is 0.794. The van der Waals surface area contributed by atoms with Gasteiger partial charge >= 0.3 is 0 Å². The van der Waals surface area contributed by atoms with E-state index in [9.17, 15) is 9.18 Å². The highest BCUT2D eigenvalue weighted by molar-refractivity contribution is 5.78. The molecule has 112 valence electrons. The molecular weight excluding hydrogens is 259 g/mol. The number of hydrogen-bond donors (Lipinski definition) is 1. The topological polar surface area (TPSA) is 55.6 Å². The summed E-state index contributed by atoms with van der Waals surface area (Å²) < 4.78 is 18.2. The van der Waals surface area contributed by atoms with Crippen LogP contribution in [0.4, 0.5) is 4.39 Å². The molecule has 0 spiro atoms. The average Bonchev–Trinajstić information content (AvgIpc) is 2.45. The zero-order valence-electron chi connectivity index (χ0n) is 12.1. The van der Waals surface area contributed by atoms with Gasteiger partial charge in [-0.15, -0.1) is 0 Å². The standard InChI is InChI=1S/C15H23FN2O2/c1-12(4-3-9-17)15(19)18(2)10-11-20-14-7-5-13(16)6-8-14/h5-8,12H,3-4,9-11,17H2,1-2H3. The van der Waals surface area contributed by atoms with Crippen molar-refractivity contribution < 1.29 is 13.9 Å². The normalized spacial score (nSPS) is 12.0. The third-order valence-corrected chi connectivity index (χ3v) is 3.15. The van der Waals surface area contributed by atoms with E-state index in [1.165, 1.54) is 12.1 Å². The molecular formula is C15H23FN2O2. The van der Waals surface area contributed by atoms with Crippen molar-refractivity contribution >= 4 is 5.91 Å². The van der Waals surface area contributed by atoms with Gasteiger partial charge in [-0.2, -0.15) is 0 Å². The van der Waals surface area contributed by atoms with Crippen molar-refractivity contribution in [3.8, 4) is 5.75 Å². The predicted molar refractivity (Wildman–Crippen MR) is 77.0 cm³/mol. The van der Waals surface area contributed by atoms with Crippen LogP contribution in [0.5, 0.6) is 5.75 Å². The highest BCUT2D eigenvalue weighted by atomic mass is 19.1. The minimum atomic E-state index is -0.293. The van der Waals surface area contributed by atoms with Crippen LogP contribution in [0.25, 0.3) is 0 Å². The Balaban J connectivity index is 2.30. The SMILES string of the molecule is CC(CCCN)C(=O)N(C)CCOc1ccc(F)cc1. The molecule has 1 atom stereocenters. The molecule has 0 aliphatic carbocycles. The Hall–Kier alpha value is -1.62. The average molecular weight is 282 g/mol. The highest BCUT2D eigenvalue weighted by Gasteiger charge is 2.16. The summed E-state index contributed by atoms with van der Waals surface area (Å²) in [6, 6.07) is 5.83. The fraction of sp³-hybridized carbons (Fsp3) is 0.533. The number of likely N-dealkylation sites (N-methyl/N-ethyl adjacent to an activating group) is 1. The second kappa shape index (κ2) is 8.53. The maximum absolute atomic E-state index is 12.7. The molecule has 1 rings (SSSR count). The van der Waals surface area contributed by atoms with Gasteiger partial charge in [0, 0.05) is 13.0 Å². The summed E-state index contributed by atoms with van der Waals surface area (Å²) in [6.45, 7) is 3.41. The Kier molecular flexibility index (Phi) is 7.01. The molecule has 0 saturated carbocycles. The Labute approximate surface area is 119 Å². The number of nitrogens with zero attached hydrogens (tertiary/aromatic N) is 1. The molecule has 0 bridgehead atoms. The van der Waals surface area contributed by atoms with E-state index in [1.807, 2.05) is 6.92 Å². The van der Waals surface area contributed by atoms with E-state index in [1.54, 1.807) is 24.1 Å². The lowest BCUT2D eigenvalue weighted by Crippen LogP contribution is -2.35. The Morgan fingerprint density at radius 1 is 1.40 bits per heavy atom. The lowest BCUT2D eigenvalue weighted by molar-refractivity contribution is -0.134. The number of rotatable bonds is 8. The first-order valence-corrected chi connectivity index (χ1v) is 6.88. The monoisotopic (exact) mass is 282 g/mol. The van der Waals surface area contributed by atoms with Crippen LogP contribution in [-0.4, -0.2) is 37.6 Å². The van der Waals surface area contributed by atoms with Gasteiger partial charge in [-0.05, 0) is 43.7 Å². The number of carbonyl (C=O) groups excluding carboxylic acids is 1. The molecule has 0 heterocycles. The van der Waals surface area contributed by atoms with E-state index in [0.717, 1.165) is 12.8 Å². The molecule has 1 unspecified atom stereocenters. The van der Waals surface area contributed by atoms with Crippen molar-refractivity contribution in [2.45, 2.75) is 19.8 Å². The first kappa shape index (κ1) is 16.4. The zero-order valence-corrected chi connectivity index (χ0v) is 12.1. The van der Waals surface area contributed by atoms with Crippen molar-refractivity contribution in [1.82, 2.24) is 4.90 Å². The van der Waals surface area contributed by atoms with Gasteiger partial charge in [0.05, 0.1) is 6.54 Å². The van der Waals surface area contributed by atoms with Gasteiger partial charge in [0.1, 0.15) is 18.2 Å². The molecule has 1 aromatic rings. The van der Waals surface area contributed by atoms with Crippen LogP contribution < -0.4 is 10.5 Å². The lowest BCUT2D eigenvalue weighted by Gasteiger charge is -2.21. The van der Waals surface area contributed by atoms with Crippen LogP contribution >= 0.6 is 0 Å². The Morgan fingerprint density at radius 3 is 2.65 bits per heavy atom. The fourth-order valence-corrected chi connectivity index (χ4v) is 1.87. The van der Waals surface area contributed by atoms with Crippen LogP contribution in [0.3, 0.4) is 0 Å². The molecule has 0 aliphatic heterocycles. The highest BCUT2D eigenvalue weighted by Crippen LogP contribution is 2.11. The van der Waals surface area contributed by atoms with Crippen molar-refractivity contribution in [1.29, 1.82) is 0 Å². The van der Waals surface area contributed by atoms with Gasteiger partial charge in [0.25, 0.3) is 0 Å². The summed E-state index contributed by atoms with van der Waals surface area (Å²) in [6.07, 6.45) is 1.66. The predicted octanol–water partition coefficient (Wildman–Crippen LogP) is 2.04. The second-order valence-corrected chi connectivity index (χ2v) is 4.89. The van der Waals surface area contributed by atoms with Gasteiger partial charge in [-0.25, -0.2) is 4.39 Å². The third kappa shape index (κ3) is 5.57. The molecule has 0 fully saturated rings. The van der Waals surface area contributed by atoms with Gasteiger partial charge in [0.2, 0.25) is 5.91 Å². The van der Waals surface area contributed by atoms with E-state index in [4.69, 9.17) is 10.5 Å². The number of halogens is 1. The van der Waals surface area contributed by atoms with Crippen molar-refractivity contribution in [3.05, 3.63) is 30.1 Å². The second-order valence-electron chi connectivity index (χ2n) is 4.89. The molecule has 4 nitrogen and oxygen atoms in total. The number of carbonyl (C=O) groups is 1. The van der Waals surface area contributed by atoms with Crippen LogP contribution in [0.2, 0.25) is 0 Å². The largest absolute Gasteiger partial charge is 0.492 e. The van der Waals surface area contributed by atoms with Crippen molar-refractivity contribution in [3.63, 3.8) is 0 Å². The molecule has 5 heteroatoms. The molecule has 1 amide bonds. The van der Waals surface area contributed by atoms with Crippen LogP contribution in [0.1, 0.15) is 19.8 Å². The summed E-state index contributed by atoms with van der Waals surface area (Å²) in [5.74, 6) is 0.386. The molecule has 0 aliphatic rings. The molecule has 0 saturated heterocycles. The maximum Gasteiger partial charge on any atom is 0.225 e. The van der Waals surface area contributed by atoms with Crippen LogP contribution in [0.15, 0.2) is 24.3 Å². The fourth-order valence-electron chi connectivity index (χ4n) is 1.87.